The number of carbonyl (C=O) groups is 3. The molecule has 2 heterocycles. The fraction of sp³-hybridized carbons (Fsp3) is 0.304. The third-order valence-electron chi connectivity index (χ3n) is 5.29. The van der Waals surface area contributed by atoms with E-state index >= 15 is 0 Å². The average Bonchev–Trinajstić information content (AvgIpc) is 3.00. The number of nitrogens with one attached hydrogen (secondary N) is 1. The molecule has 3 rings (SSSR count). The molecule has 1 aliphatic heterocycles. The molecule has 1 fully saturated rings. The maximum Gasteiger partial charge on any atom is 0.303 e. The summed E-state index contributed by atoms with van der Waals surface area (Å²) in [6, 6.07) is 9.36. The smallest absolute Gasteiger partial charge is 0.303 e. The fourth-order valence-corrected chi connectivity index (χ4v) is 4.17. The van der Waals surface area contributed by atoms with Gasteiger partial charge in [-0.3, -0.25) is 24.6 Å². The summed E-state index contributed by atoms with van der Waals surface area (Å²) in [6.07, 6.45) is 3.43. The van der Waals surface area contributed by atoms with Gasteiger partial charge in [-0.05, 0) is 74.8 Å². The van der Waals surface area contributed by atoms with Crippen LogP contribution < -0.4 is 5.32 Å². The number of rotatable bonds is 8. The molecule has 1 aromatic heterocycles. The van der Waals surface area contributed by atoms with Crippen LogP contribution in [0.2, 0.25) is 5.02 Å². The van der Waals surface area contributed by atoms with Crippen LogP contribution >= 0.6 is 23.8 Å². The zero-order valence-corrected chi connectivity index (χ0v) is 19.4. The highest BCUT2D eigenvalue weighted by molar-refractivity contribution is 7.80. The van der Waals surface area contributed by atoms with E-state index < -0.39 is 17.8 Å². The van der Waals surface area contributed by atoms with Crippen molar-refractivity contribution in [1.82, 2.24) is 14.8 Å². The molecule has 0 atom stereocenters. The highest BCUT2D eigenvalue weighted by Gasteiger charge is 2.33. The van der Waals surface area contributed by atoms with Crippen LogP contribution in [-0.4, -0.2) is 44.0 Å². The lowest BCUT2D eigenvalue weighted by Crippen LogP contribution is -2.54. The number of nitrogens with zero attached hydrogens (tertiary/aromatic N) is 2. The second kappa shape index (κ2) is 10.1. The predicted molar refractivity (Wildman–Crippen MR) is 127 cm³/mol. The van der Waals surface area contributed by atoms with Crippen molar-refractivity contribution >= 4 is 52.8 Å². The van der Waals surface area contributed by atoms with E-state index in [1.54, 1.807) is 12.1 Å². The van der Waals surface area contributed by atoms with E-state index in [1.165, 1.54) is 4.90 Å². The summed E-state index contributed by atoms with van der Waals surface area (Å²) in [4.78, 5) is 37.6. The lowest BCUT2D eigenvalue weighted by molar-refractivity contribution is -0.137. The molecule has 1 aromatic carbocycles. The number of benzene rings is 1. The average molecular weight is 474 g/mol. The summed E-state index contributed by atoms with van der Waals surface area (Å²) in [5.41, 5.74) is 3.45. The van der Waals surface area contributed by atoms with Gasteiger partial charge in [0, 0.05) is 35.1 Å². The zero-order valence-electron chi connectivity index (χ0n) is 17.9. The number of halogens is 1. The summed E-state index contributed by atoms with van der Waals surface area (Å²) < 4.78 is 2.01. The van der Waals surface area contributed by atoms with Crippen molar-refractivity contribution in [1.29, 1.82) is 0 Å². The van der Waals surface area contributed by atoms with Gasteiger partial charge in [-0.25, -0.2) is 0 Å². The summed E-state index contributed by atoms with van der Waals surface area (Å²) in [5, 5.41) is 12.0. The van der Waals surface area contributed by atoms with Gasteiger partial charge in [-0.1, -0.05) is 24.1 Å². The molecule has 0 bridgehead atoms. The zero-order chi connectivity index (χ0) is 23.4. The Hall–Kier alpha value is -2.97. The minimum absolute atomic E-state index is 0.00970. The number of carboxylic acids is 1. The normalized spacial score (nSPS) is 15.4. The number of hydrogen-bond acceptors (Lipinski definition) is 4. The number of carbonyl (C=O) groups excluding carboxylic acids is 2. The third-order valence-corrected chi connectivity index (χ3v) is 5.85. The Labute approximate surface area is 196 Å². The topological polar surface area (TPSA) is 91.6 Å². The number of carboxylic acid groups (broad SMARTS) is 1. The first kappa shape index (κ1) is 23.7. The number of aliphatic carboxylic acids is 1. The molecule has 7 nitrogen and oxygen atoms in total. The van der Waals surface area contributed by atoms with E-state index in [0.717, 1.165) is 22.6 Å². The van der Waals surface area contributed by atoms with Gasteiger partial charge in [0.2, 0.25) is 0 Å². The standard InChI is InChI=1S/C23H24ClN3O4S/c1-14-11-16(15(2)27(14)18-8-6-7-17(24)13-18)12-19-21(30)25-23(32)26(22(19)31)10-5-3-4-9-20(28)29/h6-8,11-13H,3-5,9-10H2,1-2H3,(H,28,29)(H,25,30,32)/b19-12+. The predicted octanol–water partition coefficient (Wildman–Crippen LogP) is 4.02. The number of aryl methyl sites for hydroxylation is 1. The van der Waals surface area contributed by atoms with E-state index in [0.29, 0.717) is 30.8 Å². The van der Waals surface area contributed by atoms with E-state index in [4.69, 9.17) is 28.9 Å². The number of aromatic nitrogens is 1. The minimum Gasteiger partial charge on any atom is -0.481 e. The molecule has 9 heteroatoms. The van der Waals surface area contributed by atoms with Crippen molar-refractivity contribution in [2.75, 3.05) is 6.54 Å². The Balaban J connectivity index is 1.83. The number of thiocarbonyl (C=S) groups is 1. The number of hydrogen-bond donors (Lipinski definition) is 2. The van der Waals surface area contributed by atoms with Gasteiger partial charge in [-0.2, -0.15) is 0 Å². The molecular weight excluding hydrogens is 450 g/mol. The first-order valence-corrected chi connectivity index (χ1v) is 11.0. The van der Waals surface area contributed by atoms with E-state index in [-0.39, 0.29) is 17.1 Å². The van der Waals surface area contributed by atoms with Crippen molar-refractivity contribution in [3.8, 4) is 5.69 Å². The van der Waals surface area contributed by atoms with Gasteiger partial charge in [0.1, 0.15) is 5.57 Å². The highest BCUT2D eigenvalue weighted by Crippen LogP contribution is 2.25. The van der Waals surface area contributed by atoms with E-state index in [9.17, 15) is 14.4 Å². The molecule has 0 saturated carbocycles. The SMILES string of the molecule is Cc1cc(/C=C2\C(=O)NC(=S)N(CCCCCC(=O)O)C2=O)c(C)n1-c1cccc(Cl)c1. The molecule has 1 saturated heterocycles. The maximum absolute atomic E-state index is 13.0. The molecular formula is C23H24ClN3O4S. The molecule has 2 N–H and O–H groups in total. The van der Waals surface area contributed by atoms with Gasteiger partial charge in [0.05, 0.1) is 0 Å². The molecule has 168 valence electrons. The van der Waals surface area contributed by atoms with Crippen LogP contribution in [0.5, 0.6) is 0 Å². The van der Waals surface area contributed by atoms with Crippen molar-refractivity contribution < 1.29 is 19.5 Å². The second-order valence-electron chi connectivity index (χ2n) is 7.62. The summed E-state index contributed by atoms with van der Waals surface area (Å²) in [7, 11) is 0. The van der Waals surface area contributed by atoms with Gasteiger partial charge < -0.3 is 9.67 Å². The first-order valence-electron chi connectivity index (χ1n) is 10.2. The maximum atomic E-state index is 13.0. The lowest BCUT2D eigenvalue weighted by Gasteiger charge is -2.28. The van der Waals surface area contributed by atoms with Gasteiger partial charge >= 0.3 is 5.97 Å². The van der Waals surface area contributed by atoms with Crippen LogP contribution in [0.3, 0.4) is 0 Å². The fourth-order valence-electron chi connectivity index (χ4n) is 3.72. The molecule has 1 aliphatic rings. The Kier molecular flexibility index (Phi) is 7.48. The van der Waals surface area contributed by atoms with E-state index in [1.807, 2.05) is 42.7 Å². The minimum atomic E-state index is -0.845. The third kappa shape index (κ3) is 5.26. The Morgan fingerprint density at radius 3 is 2.62 bits per heavy atom. The Morgan fingerprint density at radius 2 is 1.94 bits per heavy atom. The van der Waals surface area contributed by atoms with Gasteiger partial charge in [-0.15, -0.1) is 0 Å². The van der Waals surface area contributed by atoms with Crippen LogP contribution in [0.25, 0.3) is 11.8 Å². The summed E-state index contributed by atoms with van der Waals surface area (Å²) in [5.74, 6) is -1.83. The van der Waals surface area contributed by atoms with Crippen LogP contribution in [0.15, 0.2) is 35.9 Å². The monoisotopic (exact) mass is 473 g/mol. The summed E-state index contributed by atoms with van der Waals surface area (Å²) in [6.45, 7) is 4.17. The van der Waals surface area contributed by atoms with Crippen molar-refractivity contribution in [2.45, 2.75) is 39.5 Å². The molecule has 0 aliphatic carbocycles. The largest absolute Gasteiger partial charge is 0.481 e. The van der Waals surface area contributed by atoms with Crippen molar-refractivity contribution in [2.24, 2.45) is 0 Å². The second-order valence-corrected chi connectivity index (χ2v) is 8.44. The van der Waals surface area contributed by atoms with Crippen LogP contribution in [0.4, 0.5) is 0 Å². The molecule has 0 spiro atoms. The molecule has 32 heavy (non-hydrogen) atoms. The number of amides is 2. The van der Waals surface area contributed by atoms with Crippen LogP contribution in [0, 0.1) is 13.8 Å². The Morgan fingerprint density at radius 1 is 1.19 bits per heavy atom. The van der Waals surface area contributed by atoms with Crippen molar-refractivity contribution in [3.63, 3.8) is 0 Å². The molecule has 2 aromatic rings. The highest BCUT2D eigenvalue weighted by atomic mass is 35.5. The van der Waals surface area contributed by atoms with Gasteiger partial charge in [0.25, 0.3) is 11.8 Å². The molecule has 2 amide bonds. The van der Waals surface area contributed by atoms with Crippen molar-refractivity contribution in [3.05, 3.63) is 57.9 Å². The molecule has 0 radical (unpaired) electrons. The van der Waals surface area contributed by atoms with Crippen LogP contribution in [-0.2, 0) is 14.4 Å². The first-order chi connectivity index (χ1) is 15.2. The molecule has 0 unspecified atom stereocenters. The van der Waals surface area contributed by atoms with Gasteiger partial charge in [0.15, 0.2) is 5.11 Å². The number of unbranched alkanes of at least 4 members (excludes halogenated alkanes) is 2. The summed E-state index contributed by atoms with van der Waals surface area (Å²) >= 11 is 11.3. The Bertz CT molecular complexity index is 1120. The van der Waals surface area contributed by atoms with Crippen LogP contribution in [0.1, 0.15) is 42.6 Å². The van der Waals surface area contributed by atoms with E-state index in [2.05, 4.69) is 5.32 Å². The quantitative estimate of drug-likeness (QED) is 0.261. The lowest BCUT2D eigenvalue weighted by atomic mass is 10.1.